The van der Waals surface area contributed by atoms with E-state index in [1.807, 2.05) is 0 Å². The van der Waals surface area contributed by atoms with E-state index in [0.29, 0.717) is 24.0 Å². The van der Waals surface area contributed by atoms with Gasteiger partial charge < -0.3 is 4.90 Å². The number of halogens is 5. The van der Waals surface area contributed by atoms with Crippen LogP contribution in [0.15, 0.2) is 12.1 Å². The maximum atomic E-state index is 13.8. The van der Waals surface area contributed by atoms with Gasteiger partial charge >= 0.3 is 6.18 Å². The lowest BCUT2D eigenvalue weighted by Crippen LogP contribution is -2.44. The summed E-state index contributed by atoms with van der Waals surface area (Å²) in [6, 6.07) is 1.29. The summed E-state index contributed by atoms with van der Waals surface area (Å²) >= 11 is 5.85. The van der Waals surface area contributed by atoms with Crippen molar-refractivity contribution in [2.75, 3.05) is 6.54 Å². The molecule has 1 amide bonds. The van der Waals surface area contributed by atoms with Crippen LogP contribution in [0.3, 0.4) is 0 Å². The van der Waals surface area contributed by atoms with Crippen LogP contribution in [-0.2, 0) is 19.1 Å². The Labute approximate surface area is 181 Å². The quantitative estimate of drug-likeness (QED) is 0.673. The van der Waals surface area contributed by atoms with Crippen LogP contribution in [0.25, 0.3) is 0 Å². The van der Waals surface area contributed by atoms with Crippen molar-refractivity contribution in [2.45, 2.75) is 51.5 Å². The van der Waals surface area contributed by atoms with Gasteiger partial charge in [0.1, 0.15) is 17.2 Å². The third-order valence-corrected chi connectivity index (χ3v) is 6.01. The Kier molecular flexibility index (Phi) is 5.65. The van der Waals surface area contributed by atoms with E-state index in [4.69, 9.17) is 11.6 Å². The molecule has 31 heavy (non-hydrogen) atoms. The zero-order valence-corrected chi connectivity index (χ0v) is 17.5. The Hall–Kier alpha value is -2.30. The summed E-state index contributed by atoms with van der Waals surface area (Å²) in [6.07, 6.45) is -3.72. The third-order valence-electron chi connectivity index (χ3n) is 5.62. The first kappa shape index (κ1) is 21.9. The fourth-order valence-corrected chi connectivity index (χ4v) is 4.48. The molecule has 1 aromatic carbocycles. The highest BCUT2D eigenvalue weighted by atomic mass is 35.5. The van der Waals surface area contributed by atoms with Crippen LogP contribution < -0.4 is 10.9 Å². The molecule has 3 heterocycles. The van der Waals surface area contributed by atoms with Crippen LogP contribution in [0.2, 0.25) is 5.02 Å². The van der Waals surface area contributed by atoms with E-state index in [0.717, 1.165) is 30.3 Å². The second-order valence-corrected chi connectivity index (χ2v) is 8.14. The van der Waals surface area contributed by atoms with Crippen molar-refractivity contribution in [3.05, 3.63) is 56.9 Å². The van der Waals surface area contributed by atoms with Gasteiger partial charge in [0.2, 0.25) is 0 Å². The van der Waals surface area contributed by atoms with Crippen LogP contribution in [0, 0.1) is 12.7 Å². The Morgan fingerprint density at radius 3 is 2.68 bits per heavy atom. The third kappa shape index (κ3) is 3.99. The fraction of sp³-hybridized carbons (Fsp3) is 0.450. The molecule has 6 nitrogen and oxygen atoms in total. The molecule has 1 unspecified atom stereocenters. The molecule has 2 atom stereocenters. The second-order valence-electron chi connectivity index (χ2n) is 7.76. The zero-order chi connectivity index (χ0) is 22.5. The molecule has 0 bridgehead atoms. The smallest absolute Gasteiger partial charge is 0.330 e. The molecular formula is C20H20ClF4N5O. The highest BCUT2D eigenvalue weighted by molar-refractivity contribution is 6.34. The zero-order valence-electron chi connectivity index (χ0n) is 16.8. The summed E-state index contributed by atoms with van der Waals surface area (Å²) in [5.74, 6) is -1.67. The topological polar surface area (TPSA) is 70.2 Å². The lowest BCUT2D eigenvalue weighted by molar-refractivity contribution is -0.139. The lowest BCUT2D eigenvalue weighted by atomic mass is 9.93. The van der Waals surface area contributed by atoms with Crippen LogP contribution in [0.1, 0.15) is 58.1 Å². The van der Waals surface area contributed by atoms with Crippen LogP contribution in [0.5, 0.6) is 0 Å². The van der Waals surface area contributed by atoms with E-state index >= 15 is 0 Å². The normalized spacial score (nSPS) is 21.3. The molecule has 2 aromatic rings. The number of carbonyl (C=O) groups is 1. The predicted molar refractivity (Wildman–Crippen MR) is 105 cm³/mol. The molecule has 1 saturated heterocycles. The molecule has 0 radical (unpaired) electrons. The Balaban J connectivity index is 1.70. The van der Waals surface area contributed by atoms with Crippen LogP contribution in [0.4, 0.5) is 17.6 Å². The molecule has 0 spiro atoms. The van der Waals surface area contributed by atoms with E-state index < -0.39 is 34.1 Å². The average Bonchev–Trinajstić information content (AvgIpc) is 3.20. The summed E-state index contributed by atoms with van der Waals surface area (Å²) in [5.41, 5.74) is 6.68. The van der Waals surface area contributed by atoms with E-state index in [1.165, 1.54) is 4.90 Å². The van der Waals surface area contributed by atoms with E-state index in [9.17, 15) is 22.4 Å². The first-order chi connectivity index (χ1) is 14.6. The van der Waals surface area contributed by atoms with Gasteiger partial charge in [-0.1, -0.05) is 11.6 Å². The highest BCUT2D eigenvalue weighted by Crippen LogP contribution is 2.39. The van der Waals surface area contributed by atoms with Gasteiger partial charge in [0, 0.05) is 18.2 Å². The van der Waals surface area contributed by atoms with Crippen molar-refractivity contribution in [2.24, 2.45) is 0 Å². The van der Waals surface area contributed by atoms with Gasteiger partial charge in [-0.05, 0) is 38.8 Å². The fourth-order valence-electron chi connectivity index (χ4n) is 4.13. The number of fused-ring (bicyclic) bond motifs is 1. The van der Waals surface area contributed by atoms with Crippen molar-refractivity contribution in [1.29, 1.82) is 0 Å². The number of aromatic nitrogens is 2. The number of nitrogens with one attached hydrogen (secondary N) is 2. The second kappa shape index (κ2) is 7.99. The summed E-state index contributed by atoms with van der Waals surface area (Å²) in [5, 5.41) is -0.934. The van der Waals surface area contributed by atoms with Gasteiger partial charge in [-0.25, -0.2) is 19.8 Å². The number of rotatable bonds is 2. The summed E-state index contributed by atoms with van der Waals surface area (Å²) in [7, 11) is 0. The number of aryl methyl sites for hydroxylation is 1. The number of alkyl halides is 3. The van der Waals surface area contributed by atoms with Gasteiger partial charge in [0.15, 0.2) is 0 Å². The van der Waals surface area contributed by atoms with E-state index in [1.54, 1.807) is 13.8 Å². The summed E-state index contributed by atoms with van der Waals surface area (Å²) < 4.78 is 53.5. The molecule has 166 valence electrons. The monoisotopic (exact) mass is 457 g/mol. The molecular weight excluding hydrogens is 438 g/mol. The van der Waals surface area contributed by atoms with Gasteiger partial charge in [0.25, 0.3) is 5.91 Å². The Bertz CT molecular complexity index is 1040. The minimum Gasteiger partial charge on any atom is -0.330 e. The first-order valence-corrected chi connectivity index (χ1v) is 10.2. The van der Waals surface area contributed by atoms with Crippen LogP contribution >= 0.6 is 11.6 Å². The highest BCUT2D eigenvalue weighted by Gasteiger charge is 2.40. The number of nitrogens with zero attached hydrogens (tertiary/aromatic N) is 3. The first-order valence-electron chi connectivity index (χ1n) is 9.78. The maximum absolute atomic E-state index is 13.8. The molecule has 2 aliphatic rings. The van der Waals surface area contributed by atoms with Crippen molar-refractivity contribution in [3.8, 4) is 0 Å². The van der Waals surface area contributed by atoms with Gasteiger partial charge in [-0.15, -0.1) is 0 Å². The number of hydrogen-bond donors (Lipinski definition) is 2. The largest absolute Gasteiger partial charge is 0.420 e. The van der Waals surface area contributed by atoms with E-state index in [-0.39, 0.29) is 18.6 Å². The minimum atomic E-state index is -5.01. The van der Waals surface area contributed by atoms with Crippen molar-refractivity contribution >= 4 is 17.5 Å². The predicted octanol–water partition coefficient (Wildman–Crippen LogP) is 3.72. The van der Waals surface area contributed by atoms with Crippen molar-refractivity contribution in [3.63, 3.8) is 0 Å². The molecule has 0 aliphatic carbocycles. The molecule has 1 aromatic heterocycles. The van der Waals surface area contributed by atoms with E-state index in [2.05, 4.69) is 20.8 Å². The average molecular weight is 458 g/mol. The molecule has 1 fully saturated rings. The number of carbonyl (C=O) groups excluding carboxylic acids is 1. The standard InChI is InChI=1S/C20H20ClF4N5O/c1-9-7-12-15(27-10(2)28-18(12)14-5-6-26-29-14)8-30(9)19(31)11-3-4-13(22)16(17(11)21)20(23,24)25/h3-4,9,14,26,29H,5-8H2,1-2H3/t9-,14?/m0/s1. The number of benzene rings is 1. The van der Waals surface area contributed by atoms with Gasteiger partial charge in [0.05, 0.1) is 34.6 Å². The van der Waals surface area contributed by atoms with Crippen LogP contribution in [-0.4, -0.2) is 33.4 Å². The summed E-state index contributed by atoms with van der Waals surface area (Å²) in [4.78, 5) is 23.6. The van der Waals surface area contributed by atoms with Crippen molar-refractivity contribution in [1.82, 2.24) is 25.7 Å². The number of amides is 1. The van der Waals surface area contributed by atoms with Crippen molar-refractivity contribution < 1.29 is 22.4 Å². The lowest BCUT2D eigenvalue weighted by Gasteiger charge is -2.36. The molecule has 0 saturated carbocycles. The maximum Gasteiger partial charge on any atom is 0.420 e. The summed E-state index contributed by atoms with van der Waals surface area (Å²) in [6.45, 7) is 4.45. The van der Waals surface area contributed by atoms with Gasteiger partial charge in [-0.3, -0.25) is 10.2 Å². The van der Waals surface area contributed by atoms with Gasteiger partial charge in [-0.2, -0.15) is 13.2 Å². The SMILES string of the molecule is Cc1nc2c(c(C3CCNN3)n1)C[C@H](C)N(C(=O)c1ccc(F)c(C(F)(F)F)c1Cl)C2. The molecule has 11 heteroatoms. The Morgan fingerprint density at radius 1 is 1.29 bits per heavy atom. The minimum absolute atomic E-state index is 0.0192. The molecule has 4 rings (SSSR count). The number of hydrogen-bond acceptors (Lipinski definition) is 5. The number of hydrazine groups is 1. The molecule has 2 aliphatic heterocycles. The molecule has 2 N–H and O–H groups in total. The Morgan fingerprint density at radius 2 is 2.03 bits per heavy atom.